The molecule has 1 aliphatic heterocycles. The Morgan fingerprint density at radius 3 is 2.53 bits per heavy atom. The van der Waals surface area contributed by atoms with Crippen LogP contribution in [-0.4, -0.2) is 41.1 Å². The summed E-state index contributed by atoms with van der Waals surface area (Å²) in [7, 11) is -3.80. The first-order valence-corrected chi connectivity index (χ1v) is 11.3. The van der Waals surface area contributed by atoms with Crippen LogP contribution in [0.5, 0.6) is 0 Å². The summed E-state index contributed by atoms with van der Waals surface area (Å²) in [5.41, 5.74) is 1.70. The molecule has 2 heterocycles. The summed E-state index contributed by atoms with van der Waals surface area (Å²) in [6.07, 6.45) is 4.57. The number of rotatable bonds is 6. The minimum absolute atomic E-state index is 0.0730. The van der Waals surface area contributed by atoms with Crippen LogP contribution in [0, 0.1) is 0 Å². The average molecular weight is 446 g/mol. The molecule has 1 saturated heterocycles. The van der Waals surface area contributed by atoms with Gasteiger partial charge in [-0.2, -0.15) is 9.40 Å². The van der Waals surface area contributed by atoms with Crippen LogP contribution in [0.3, 0.4) is 0 Å². The fourth-order valence-corrected chi connectivity index (χ4v) is 5.20. The molecule has 1 aromatic heterocycles. The van der Waals surface area contributed by atoms with Crippen molar-refractivity contribution in [3.05, 3.63) is 77.6 Å². The van der Waals surface area contributed by atoms with E-state index in [1.165, 1.54) is 28.6 Å². The third-order valence-corrected chi connectivity index (χ3v) is 7.16. The maximum Gasteiger partial charge on any atom is 0.324 e. The van der Waals surface area contributed by atoms with Gasteiger partial charge in [0.15, 0.2) is 0 Å². The van der Waals surface area contributed by atoms with Crippen molar-refractivity contribution in [1.82, 2.24) is 14.1 Å². The number of esters is 1. The zero-order chi connectivity index (χ0) is 21.1. The van der Waals surface area contributed by atoms with Gasteiger partial charge in [-0.1, -0.05) is 23.7 Å². The van der Waals surface area contributed by atoms with Crippen LogP contribution >= 0.6 is 11.6 Å². The lowest BCUT2D eigenvalue weighted by molar-refractivity contribution is -0.148. The molecule has 3 aromatic rings. The SMILES string of the molecule is O=C(OCc1ccc(-n2cccn2)cc1)[C@H]1CCCN1S(=O)(=O)c1ccc(Cl)cc1. The number of halogens is 1. The van der Waals surface area contributed by atoms with Gasteiger partial charge in [-0.05, 0) is 60.9 Å². The molecule has 1 fully saturated rings. The van der Waals surface area contributed by atoms with Crippen LogP contribution < -0.4 is 0 Å². The van der Waals surface area contributed by atoms with E-state index in [4.69, 9.17) is 16.3 Å². The average Bonchev–Trinajstić information content (AvgIpc) is 3.45. The number of nitrogens with zero attached hydrogens (tertiary/aromatic N) is 3. The van der Waals surface area contributed by atoms with E-state index in [1.807, 2.05) is 36.5 Å². The quantitative estimate of drug-likeness (QED) is 0.543. The number of hydrogen-bond acceptors (Lipinski definition) is 5. The fraction of sp³-hybridized carbons (Fsp3) is 0.238. The van der Waals surface area contributed by atoms with Crippen LogP contribution in [0.4, 0.5) is 0 Å². The van der Waals surface area contributed by atoms with Crippen LogP contribution in [-0.2, 0) is 26.2 Å². The molecule has 0 amide bonds. The summed E-state index contributed by atoms with van der Waals surface area (Å²) in [6.45, 7) is 0.354. The molecular weight excluding hydrogens is 426 g/mol. The Bertz CT molecular complexity index is 1110. The Kier molecular flexibility index (Phi) is 5.90. The molecule has 0 N–H and O–H groups in total. The number of sulfonamides is 1. The molecule has 1 aliphatic rings. The molecule has 2 aromatic carbocycles. The number of benzene rings is 2. The Labute approximate surface area is 179 Å². The van der Waals surface area contributed by atoms with Crippen LogP contribution in [0.2, 0.25) is 5.02 Å². The number of aromatic nitrogens is 2. The van der Waals surface area contributed by atoms with Gasteiger partial charge in [-0.3, -0.25) is 4.79 Å². The molecule has 0 aliphatic carbocycles. The van der Waals surface area contributed by atoms with E-state index in [1.54, 1.807) is 10.9 Å². The molecule has 156 valence electrons. The second-order valence-electron chi connectivity index (χ2n) is 6.95. The van der Waals surface area contributed by atoms with E-state index in [2.05, 4.69) is 5.10 Å². The highest BCUT2D eigenvalue weighted by atomic mass is 35.5. The summed E-state index contributed by atoms with van der Waals surface area (Å²) in [6, 6.07) is 14.4. The van der Waals surface area contributed by atoms with Crippen molar-refractivity contribution in [3.63, 3.8) is 0 Å². The van der Waals surface area contributed by atoms with E-state index >= 15 is 0 Å². The van der Waals surface area contributed by atoms with Gasteiger partial charge < -0.3 is 4.74 Å². The van der Waals surface area contributed by atoms with Crippen molar-refractivity contribution >= 4 is 27.6 Å². The highest BCUT2D eigenvalue weighted by Gasteiger charge is 2.40. The predicted molar refractivity (Wildman–Crippen MR) is 112 cm³/mol. The van der Waals surface area contributed by atoms with Crippen molar-refractivity contribution in [1.29, 1.82) is 0 Å². The second-order valence-corrected chi connectivity index (χ2v) is 9.28. The van der Waals surface area contributed by atoms with Crippen LogP contribution in [0.15, 0.2) is 71.9 Å². The Morgan fingerprint density at radius 1 is 1.13 bits per heavy atom. The molecular formula is C21H20ClN3O4S. The van der Waals surface area contributed by atoms with Crippen molar-refractivity contribution in [2.75, 3.05) is 6.54 Å². The molecule has 4 rings (SSSR count). The van der Waals surface area contributed by atoms with Crippen molar-refractivity contribution in [3.8, 4) is 5.69 Å². The van der Waals surface area contributed by atoms with Crippen molar-refractivity contribution in [2.45, 2.75) is 30.4 Å². The third kappa shape index (κ3) is 4.26. The molecule has 0 unspecified atom stereocenters. The second kappa shape index (κ2) is 8.59. The normalized spacial score (nSPS) is 17.2. The number of carbonyl (C=O) groups is 1. The summed E-state index contributed by atoms with van der Waals surface area (Å²) < 4.78 is 34.3. The lowest BCUT2D eigenvalue weighted by Crippen LogP contribution is -2.41. The topological polar surface area (TPSA) is 81.5 Å². The van der Waals surface area contributed by atoms with Gasteiger partial charge in [0.25, 0.3) is 0 Å². The van der Waals surface area contributed by atoms with E-state index in [0.29, 0.717) is 17.9 Å². The van der Waals surface area contributed by atoms with Gasteiger partial charge in [0.05, 0.1) is 10.6 Å². The standard InChI is InChI=1S/C21H20ClN3O4S/c22-17-6-10-19(11-7-17)30(27,28)25-14-1-3-20(25)21(26)29-15-16-4-8-18(9-5-16)24-13-2-12-23-24/h2,4-13,20H,1,3,14-15H2/t20-/m1/s1. The lowest BCUT2D eigenvalue weighted by Gasteiger charge is -2.22. The van der Waals surface area contributed by atoms with Gasteiger partial charge >= 0.3 is 5.97 Å². The predicted octanol–water partition coefficient (Wildman–Crippen LogP) is 3.42. The summed E-state index contributed by atoms with van der Waals surface area (Å²) in [4.78, 5) is 12.8. The largest absolute Gasteiger partial charge is 0.460 e. The van der Waals surface area contributed by atoms with Gasteiger partial charge in [0, 0.05) is 24.0 Å². The maximum absolute atomic E-state index is 13.0. The number of hydrogen-bond donors (Lipinski definition) is 0. The Morgan fingerprint density at radius 2 is 1.87 bits per heavy atom. The van der Waals surface area contributed by atoms with Crippen molar-refractivity contribution < 1.29 is 17.9 Å². The molecule has 0 saturated carbocycles. The maximum atomic E-state index is 13.0. The molecule has 0 radical (unpaired) electrons. The minimum Gasteiger partial charge on any atom is -0.460 e. The third-order valence-electron chi connectivity index (χ3n) is 4.98. The van der Waals surface area contributed by atoms with Gasteiger partial charge in [-0.25, -0.2) is 13.1 Å². The Hall–Kier alpha value is -2.68. The molecule has 0 bridgehead atoms. The monoisotopic (exact) mass is 445 g/mol. The van der Waals surface area contributed by atoms with Gasteiger partial charge in [0.2, 0.25) is 10.0 Å². The first-order valence-electron chi connectivity index (χ1n) is 9.48. The molecule has 9 heteroatoms. The molecule has 1 atom stereocenters. The first-order chi connectivity index (χ1) is 14.4. The number of ether oxygens (including phenoxy) is 1. The Balaban J connectivity index is 1.42. The minimum atomic E-state index is -3.80. The molecule has 0 spiro atoms. The summed E-state index contributed by atoms with van der Waals surface area (Å²) >= 11 is 5.85. The molecule has 30 heavy (non-hydrogen) atoms. The molecule has 7 nitrogen and oxygen atoms in total. The van der Waals surface area contributed by atoms with Crippen molar-refractivity contribution in [2.24, 2.45) is 0 Å². The van der Waals surface area contributed by atoms with Gasteiger partial charge in [-0.15, -0.1) is 0 Å². The zero-order valence-corrected chi connectivity index (χ0v) is 17.6. The van der Waals surface area contributed by atoms with E-state index < -0.39 is 22.0 Å². The zero-order valence-electron chi connectivity index (χ0n) is 16.0. The van der Waals surface area contributed by atoms with Gasteiger partial charge in [0.1, 0.15) is 12.6 Å². The van der Waals surface area contributed by atoms with E-state index in [-0.39, 0.29) is 18.0 Å². The smallest absolute Gasteiger partial charge is 0.324 e. The highest BCUT2D eigenvalue weighted by Crippen LogP contribution is 2.27. The van der Waals surface area contributed by atoms with Crippen LogP contribution in [0.1, 0.15) is 18.4 Å². The lowest BCUT2D eigenvalue weighted by atomic mass is 10.2. The summed E-state index contributed by atoms with van der Waals surface area (Å²) in [5, 5.41) is 4.61. The van der Waals surface area contributed by atoms with E-state index in [9.17, 15) is 13.2 Å². The van der Waals surface area contributed by atoms with Crippen LogP contribution in [0.25, 0.3) is 5.69 Å². The highest BCUT2D eigenvalue weighted by molar-refractivity contribution is 7.89. The fourth-order valence-electron chi connectivity index (χ4n) is 3.42. The summed E-state index contributed by atoms with van der Waals surface area (Å²) in [5.74, 6) is -0.541. The van der Waals surface area contributed by atoms with E-state index in [0.717, 1.165) is 11.3 Å². The number of carbonyl (C=O) groups excluding carboxylic acids is 1. The first kappa shape index (κ1) is 20.6.